The van der Waals surface area contributed by atoms with Gasteiger partial charge in [0.05, 0.1) is 6.54 Å². The van der Waals surface area contributed by atoms with E-state index in [-0.39, 0.29) is 13.1 Å². The maximum absolute atomic E-state index is 12.3. The van der Waals surface area contributed by atoms with E-state index in [1.807, 2.05) is 6.92 Å². The Morgan fingerprint density at radius 1 is 1.28 bits per heavy atom. The highest BCUT2D eigenvalue weighted by Gasteiger charge is 2.38. The van der Waals surface area contributed by atoms with Crippen molar-refractivity contribution in [3.63, 3.8) is 0 Å². The zero-order valence-corrected chi connectivity index (χ0v) is 11.0. The monoisotopic (exact) mass is 270 g/mol. The first-order valence-electron chi connectivity index (χ1n) is 5.92. The molecule has 18 heavy (non-hydrogen) atoms. The zero-order valence-electron chi connectivity index (χ0n) is 11.0. The molecule has 0 rings (SSSR count). The van der Waals surface area contributed by atoms with Gasteiger partial charge in [-0.15, -0.1) is 0 Å². The van der Waals surface area contributed by atoms with E-state index in [1.54, 1.807) is 6.92 Å². The Bertz CT molecular complexity index is 272. The van der Waals surface area contributed by atoms with E-state index in [4.69, 9.17) is 5.11 Å². The number of nitrogens with one attached hydrogen (secondary N) is 1. The van der Waals surface area contributed by atoms with Crippen LogP contribution in [0.2, 0.25) is 0 Å². The molecule has 0 aliphatic carbocycles. The summed E-state index contributed by atoms with van der Waals surface area (Å²) in [6.45, 7) is 4.17. The number of halogens is 3. The Labute approximate surface area is 105 Å². The molecule has 0 aromatic carbocycles. The highest BCUT2D eigenvalue weighted by molar-refractivity contribution is 5.78. The molecule has 0 heterocycles. The van der Waals surface area contributed by atoms with Gasteiger partial charge in [0.15, 0.2) is 0 Å². The lowest BCUT2D eigenvalue weighted by Gasteiger charge is -2.33. The van der Waals surface area contributed by atoms with Gasteiger partial charge in [-0.1, -0.05) is 13.8 Å². The largest absolute Gasteiger partial charge is 0.480 e. The van der Waals surface area contributed by atoms with Crippen LogP contribution in [-0.4, -0.2) is 53.9 Å². The molecule has 0 fully saturated rings. The molecule has 1 atom stereocenters. The second-order valence-electron chi connectivity index (χ2n) is 4.48. The van der Waals surface area contributed by atoms with Gasteiger partial charge in [0, 0.05) is 6.54 Å². The topological polar surface area (TPSA) is 52.6 Å². The van der Waals surface area contributed by atoms with Crippen molar-refractivity contribution in [2.45, 2.75) is 38.9 Å². The van der Waals surface area contributed by atoms with Crippen LogP contribution in [0.25, 0.3) is 0 Å². The molecule has 0 saturated heterocycles. The first-order chi connectivity index (χ1) is 8.14. The number of carboxylic acids is 1. The van der Waals surface area contributed by atoms with Crippen molar-refractivity contribution in [1.29, 1.82) is 0 Å². The van der Waals surface area contributed by atoms with Gasteiger partial charge in [0.25, 0.3) is 0 Å². The maximum atomic E-state index is 12.3. The van der Waals surface area contributed by atoms with Gasteiger partial charge in [-0.05, 0) is 26.4 Å². The Kier molecular flexibility index (Phi) is 6.62. The molecule has 0 aliphatic heterocycles. The van der Waals surface area contributed by atoms with E-state index in [0.29, 0.717) is 13.0 Å². The number of aliphatic carboxylic acids is 1. The summed E-state index contributed by atoms with van der Waals surface area (Å²) in [5.74, 6) is -1.14. The molecule has 0 bridgehead atoms. The molecule has 2 N–H and O–H groups in total. The van der Waals surface area contributed by atoms with Crippen molar-refractivity contribution in [3.05, 3.63) is 0 Å². The predicted molar refractivity (Wildman–Crippen MR) is 62.5 cm³/mol. The smallest absolute Gasteiger partial charge is 0.401 e. The average Bonchev–Trinajstić information content (AvgIpc) is 2.23. The molecular formula is C11H21F3N2O2. The predicted octanol–water partition coefficient (Wildman–Crippen LogP) is 1.71. The summed E-state index contributed by atoms with van der Waals surface area (Å²) in [4.78, 5) is 12.3. The van der Waals surface area contributed by atoms with Crippen molar-refractivity contribution in [3.8, 4) is 0 Å². The van der Waals surface area contributed by atoms with Gasteiger partial charge < -0.3 is 10.4 Å². The van der Waals surface area contributed by atoms with Crippen LogP contribution < -0.4 is 5.32 Å². The molecule has 0 radical (unpaired) electrons. The normalized spacial score (nSPS) is 15.7. The lowest BCUT2D eigenvalue weighted by molar-refractivity contribution is -0.155. The molecular weight excluding hydrogens is 249 g/mol. The second kappa shape index (κ2) is 6.94. The molecule has 0 amide bonds. The number of carbonyl (C=O) groups is 1. The summed E-state index contributed by atoms with van der Waals surface area (Å²) < 4.78 is 36.9. The van der Waals surface area contributed by atoms with Crippen molar-refractivity contribution < 1.29 is 23.1 Å². The van der Waals surface area contributed by atoms with Crippen LogP contribution in [0.3, 0.4) is 0 Å². The number of hydrogen-bond acceptors (Lipinski definition) is 3. The van der Waals surface area contributed by atoms with Crippen molar-refractivity contribution >= 4 is 5.97 Å². The Morgan fingerprint density at radius 3 is 2.17 bits per heavy atom. The molecule has 4 nitrogen and oxygen atoms in total. The fraction of sp³-hybridized carbons (Fsp3) is 0.909. The Hall–Kier alpha value is -0.820. The number of rotatable bonds is 8. The fourth-order valence-electron chi connectivity index (χ4n) is 1.58. The molecule has 7 heteroatoms. The molecule has 0 saturated carbocycles. The average molecular weight is 270 g/mol. The van der Waals surface area contributed by atoms with Crippen molar-refractivity contribution in [2.24, 2.45) is 0 Å². The quantitative estimate of drug-likeness (QED) is 0.705. The van der Waals surface area contributed by atoms with E-state index in [9.17, 15) is 18.0 Å². The van der Waals surface area contributed by atoms with Crippen LogP contribution in [0.15, 0.2) is 0 Å². The van der Waals surface area contributed by atoms with Gasteiger partial charge in [-0.25, -0.2) is 0 Å². The van der Waals surface area contributed by atoms with Crippen LogP contribution in [0.5, 0.6) is 0 Å². The Morgan fingerprint density at radius 2 is 1.83 bits per heavy atom. The first kappa shape index (κ1) is 17.2. The van der Waals surface area contributed by atoms with Gasteiger partial charge >= 0.3 is 12.1 Å². The fourth-order valence-corrected chi connectivity index (χ4v) is 1.58. The third kappa shape index (κ3) is 6.20. The molecule has 108 valence electrons. The van der Waals surface area contributed by atoms with Gasteiger partial charge in [-0.2, -0.15) is 13.2 Å². The molecule has 0 aliphatic rings. The standard InChI is InChI=1S/C11H21F3N2O2/c1-4-6-15-10(3,9(17)18)7-16(5-2)8-11(12,13)14/h15H,4-8H2,1-3H3,(H,17,18). The number of alkyl halides is 3. The SMILES string of the molecule is CCCNC(C)(CN(CC)CC(F)(F)F)C(=O)O. The highest BCUT2D eigenvalue weighted by atomic mass is 19.4. The van der Waals surface area contributed by atoms with Crippen molar-refractivity contribution in [1.82, 2.24) is 10.2 Å². The summed E-state index contributed by atoms with van der Waals surface area (Å²) >= 11 is 0. The van der Waals surface area contributed by atoms with Gasteiger partial charge in [-0.3, -0.25) is 9.69 Å². The van der Waals surface area contributed by atoms with Gasteiger partial charge in [0.1, 0.15) is 5.54 Å². The molecule has 0 spiro atoms. The van der Waals surface area contributed by atoms with Crippen LogP contribution in [0, 0.1) is 0 Å². The third-order valence-electron chi connectivity index (χ3n) is 2.63. The number of likely N-dealkylation sites (N-methyl/N-ethyl adjacent to an activating group) is 1. The number of carboxylic acid groups (broad SMARTS) is 1. The van der Waals surface area contributed by atoms with Crippen LogP contribution in [-0.2, 0) is 4.79 Å². The van der Waals surface area contributed by atoms with E-state index in [1.165, 1.54) is 6.92 Å². The first-order valence-corrected chi connectivity index (χ1v) is 5.92. The van der Waals surface area contributed by atoms with Gasteiger partial charge in [0.2, 0.25) is 0 Å². The van der Waals surface area contributed by atoms with Crippen LogP contribution in [0.4, 0.5) is 13.2 Å². The van der Waals surface area contributed by atoms with E-state index in [2.05, 4.69) is 5.32 Å². The van der Waals surface area contributed by atoms with E-state index < -0.39 is 24.2 Å². The summed E-state index contributed by atoms with van der Waals surface area (Å²) in [5.41, 5.74) is -1.36. The summed E-state index contributed by atoms with van der Waals surface area (Å²) in [6.07, 6.45) is -3.60. The number of nitrogens with zero attached hydrogens (tertiary/aromatic N) is 1. The highest BCUT2D eigenvalue weighted by Crippen LogP contribution is 2.18. The third-order valence-corrected chi connectivity index (χ3v) is 2.63. The summed E-state index contributed by atoms with van der Waals surface area (Å²) in [5, 5.41) is 11.9. The molecule has 0 aromatic rings. The van der Waals surface area contributed by atoms with E-state index >= 15 is 0 Å². The Balaban J connectivity index is 4.68. The number of hydrogen-bond donors (Lipinski definition) is 2. The van der Waals surface area contributed by atoms with Crippen molar-refractivity contribution in [2.75, 3.05) is 26.2 Å². The van der Waals surface area contributed by atoms with E-state index in [0.717, 1.165) is 4.90 Å². The minimum absolute atomic E-state index is 0.149. The molecule has 1 unspecified atom stereocenters. The summed E-state index contributed by atoms with van der Waals surface area (Å²) in [6, 6.07) is 0. The van der Waals surface area contributed by atoms with Crippen LogP contribution >= 0.6 is 0 Å². The van der Waals surface area contributed by atoms with Crippen LogP contribution in [0.1, 0.15) is 27.2 Å². The summed E-state index contributed by atoms with van der Waals surface area (Å²) in [7, 11) is 0. The lowest BCUT2D eigenvalue weighted by Crippen LogP contribution is -2.58. The minimum atomic E-state index is -4.32. The lowest BCUT2D eigenvalue weighted by atomic mass is 10.0. The maximum Gasteiger partial charge on any atom is 0.401 e. The molecule has 0 aromatic heterocycles. The zero-order chi connectivity index (χ0) is 14.4. The second-order valence-corrected chi connectivity index (χ2v) is 4.48. The minimum Gasteiger partial charge on any atom is -0.480 e.